The van der Waals surface area contributed by atoms with Gasteiger partial charge in [-0.15, -0.1) is 0 Å². The molecule has 0 unspecified atom stereocenters. The van der Waals surface area contributed by atoms with Gasteiger partial charge in [0.25, 0.3) is 11.7 Å². The molecular formula is C17H22N2O3. The van der Waals surface area contributed by atoms with Gasteiger partial charge in [-0.1, -0.05) is 13.8 Å². The van der Waals surface area contributed by atoms with Crippen molar-refractivity contribution in [1.82, 2.24) is 9.88 Å². The van der Waals surface area contributed by atoms with Crippen LogP contribution >= 0.6 is 0 Å². The highest BCUT2D eigenvalue weighted by atomic mass is 16.5. The first-order valence-corrected chi connectivity index (χ1v) is 7.61. The lowest BCUT2D eigenvalue weighted by atomic mass is 10.1. The molecule has 0 aliphatic heterocycles. The summed E-state index contributed by atoms with van der Waals surface area (Å²) in [4.78, 5) is 29.7. The molecule has 0 saturated carbocycles. The van der Waals surface area contributed by atoms with E-state index >= 15 is 0 Å². The van der Waals surface area contributed by atoms with Crippen molar-refractivity contribution >= 4 is 22.6 Å². The van der Waals surface area contributed by atoms with Crippen LogP contribution in [0.4, 0.5) is 0 Å². The second kappa shape index (κ2) is 7.11. The second-order valence-electron chi connectivity index (χ2n) is 5.24. The lowest BCUT2D eigenvalue weighted by molar-refractivity contribution is -0.126. The molecular weight excluding hydrogens is 280 g/mol. The van der Waals surface area contributed by atoms with Gasteiger partial charge in [0, 0.05) is 30.2 Å². The zero-order valence-corrected chi connectivity index (χ0v) is 13.3. The van der Waals surface area contributed by atoms with Crippen molar-refractivity contribution in [2.75, 3.05) is 20.2 Å². The van der Waals surface area contributed by atoms with E-state index in [9.17, 15) is 9.59 Å². The number of nitrogens with one attached hydrogen (secondary N) is 1. The van der Waals surface area contributed by atoms with Crippen LogP contribution < -0.4 is 4.74 Å². The number of hydrogen-bond acceptors (Lipinski definition) is 3. The molecule has 118 valence electrons. The van der Waals surface area contributed by atoms with Crippen LogP contribution in [-0.4, -0.2) is 41.8 Å². The predicted molar refractivity (Wildman–Crippen MR) is 86.3 cm³/mol. The quantitative estimate of drug-likeness (QED) is 0.631. The van der Waals surface area contributed by atoms with Crippen molar-refractivity contribution in [2.45, 2.75) is 26.7 Å². The number of hydrogen-bond donors (Lipinski definition) is 1. The van der Waals surface area contributed by atoms with Crippen molar-refractivity contribution in [3.05, 3.63) is 30.0 Å². The molecule has 1 aromatic carbocycles. The van der Waals surface area contributed by atoms with Crippen molar-refractivity contribution in [2.24, 2.45) is 0 Å². The molecule has 0 spiro atoms. The first-order chi connectivity index (χ1) is 10.6. The van der Waals surface area contributed by atoms with Crippen LogP contribution in [0.25, 0.3) is 10.9 Å². The molecule has 0 aliphatic rings. The second-order valence-corrected chi connectivity index (χ2v) is 5.24. The molecule has 0 saturated heterocycles. The normalized spacial score (nSPS) is 10.7. The summed E-state index contributed by atoms with van der Waals surface area (Å²) < 4.78 is 5.19. The summed E-state index contributed by atoms with van der Waals surface area (Å²) in [6, 6.07) is 5.43. The Morgan fingerprint density at radius 2 is 1.86 bits per heavy atom. The summed E-state index contributed by atoms with van der Waals surface area (Å²) in [6.07, 6.45) is 3.27. The lowest BCUT2D eigenvalue weighted by Crippen LogP contribution is -2.37. The highest BCUT2D eigenvalue weighted by molar-refractivity contribution is 6.44. The average molecular weight is 302 g/mol. The Kier molecular flexibility index (Phi) is 5.20. The molecule has 0 atom stereocenters. The molecule has 5 heteroatoms. The van der Waals surface area contributed by atoms with Gasteiger partial charge in [0.2, 0.25) is 0 Å². The SMILES string of the molecule is CCCN(CCC)C(=O)C(=O)c1c[nH]c2ccc(OC)cc12. The smallest absolute Gasteiger partial charge is 0.295 e. The Labute approximate surface area is 130 Å². The number of methoxy groups -OCH3 is 1. The molecule has 22 heavy (non-hydrogen) atoms. The molecule has 1 N–H and O–H groups in total. The van der Waals surface area contributed by atoms with Gasteiger partial charge in [0.15, 0.2) is 0 Å². The fourth-order valence-electron chi connectivity index (χ4n) is 2.53. The fraction of sp³-hybridized carbons (Fsp3) is 0.412. The number of Topliss-reactive ketones (excluding diaryl/α,β-unsaturated/α-hetero) is 1. The number of nitrogens with zero attached hydrogens (tertiary/aromatic N) is 1. The first-order valence-electron chi connectivity index (χ1n) is 7.61. The van der Waals surface area contributed by atoms with E-state index in [2.05, 4.69) is 4.98 Å². The van der Waals surface area contributed by atoms with Crippen molar-refractivity contribution < 1.29 is 14.3 Å². The zero-order valence-electron chi connectivity index (χ0n) is 13.3. The third kappa shape index (κ3) is 3.13. The minimum Gasteiger partial charge on any atom is -0.497 e. The number of carbonyl (C=O) groups is 2. The number of aromatic nitrogens is 1. The highest BCUT2D eigenvalue weighted by Gasteiger charge is 2.24. The highest BCUT2D eigenvalue weighted by Crippen LogP contribution is 2.24. The van der Waals surface area contributed by atoms with E-state index in [-0.39, 0.29) is 0 Å². The zero-order chi connectivity index (χ0) is 16.1. The van der Waals surface area contributed by atoms with E-state index < -0.39 is 11.7 Å². The molecule has 0 aliphatic carbocycles. The van der Waals surface area contributed by atoms with Crippen LogP contribution in [0.2, 0.25) is 0 Å². The van der Waals surface area contributed by atoms with Crippen LogP contribution in [0.15, 0.2) is 24.4 Å². The maximum Gasteiger partial charge on any atom is 0.295 e. The standard InChI is InChI=1S/C17H22N2O3/c1-4-8-19(9-5-2)17(21)16(20)14-11-18-15-7-6-12(22-3)10-13(14)15/h6-7,10-11,18H,4-5,8-9H2,1-3H3. The number of fused-ring (bicyclic) bond motifs is 1. The summed E-state index contributed by atoms with van der Waals surface area (Å²) in [6.45, 7) is 5.20. The molecule has 0 bridgehead atoms. The van der Waals surface area contributed by atoms with E-state index in [1.54, 1.807) is 24.3 Å². The Morgan fingerprint density at radius 3 is 2.45 bits per heavy atom. The lowest BCUT2D eigenvalue weighted by Gasteiger charge is -2.20. The van der Waals surface area contributed by atoms with Gasteiger partial charge in [-0.25, -0.2) is 0 Å². The Morgan fingerprint density at radius 1 is 1.18 bits per heavy atom. The van der Waals surface area contributed by atoms with Gasteiger partial charge in [-0.3, -0.25) is 9.59 Å². The van der Waals surface area contributed by atoms with Gasteiger partial charge in [-0.2, -0.15) is 0 Å². The van der Waals surface area contributed by atoms with E-state index in [0.29, 0.717) is 29.8 Å². The van der Waals surface area contributed by atoms with Gasteiger partial charge in [-0.05, 0) is 31.0 Å². The molecule has 1 heterocycles. The number of amides is 1. The minimum atomic E-state index is -0.471. The maximum absolute atomic E-state index is 12.6. The fourth-order valence-corrected chi connectivity index (χ4v) is 2.53. The Hall–Kier alpha value is -2.30. The Balaban J connectivity index is 2.33. The number of ketones is 1. The van der Waals surface area contributed by atoms with E-state index in [4.69, 9.17) is 4.74 Å². The summed E-state index contributed by atoms with van der Waals surface area (Å²) in [5.41, 5.74) is 1.21. The van der Waals surface area contributed by atoms with Crippen molar-refractivity contribution in [1.29, 1.82) is 0 Å². The van der Waals surface area contributed by atoms with Crippen molar-refractivity contribution in [3.8, 4) is 5.75 Å². The van der Waals surface area contributed by atoms with Crippen LogP contribution in [0.1, 0.15) is 37.0 Å². The third-order valence-electron chi connectivity index (χ3n) is 3.60. The third-order valence-corrected chi connectivity index (χ3v) is 3.60. The first kappa shape index (κ1) is 16.1. The summed E-state index contributed by atoms with van der Waals surface area (Å²) in [7, 11) is 1.57. The number of benzene rings is 1. The molecule has 5 nitrogen and oxygen atoms in total. The average Bonchev–Trinajstić information content (AvgIpc) is 2.96. The molecule has 2 aromatic rings. The number of carbonyl (C=O) groups excluding carboxylic acids is 2. The molecule has 1 amide bonds. The molecule has 1 aromatic heterocycles. The summed E-state index contributed by atoms with van der Waals surface area (Å²) in [5.74, 6) is -0.249. The summed E-state index contributed by atoms with van der Waals surface area (Å²) in [5, 5.41) is 0.714. The van der Waals surface area contributed by atoms with Crippen molar-refractivity contribution in [3.63, 3.8) is 0 Å². The van der Waals surface area contributed by atoms with Crippen LogP contribution in [0, 0.1) is 0 Å². The van der Waals surface area contributed by atoms with Gasteiger partial charge in [0.1, 0.15) is 5.75 Å². The van der Waals surface area contributed by atoms with Gasteiger partial charge >= 0.3 is 0 Å². The summed E-state index contributed by atoms with van der Waals surface area (Å²) >= 11 is 0. The van der Waals surface area contributed by atoms with Crippen LogP contribution in [-0.2, 0) is 4.79 Å². The van der Waals surface area contributed by atoms with Crippen LogP contribution in [0.5, 0.6) is 5.75 Å². The number of aromatic amines is 1. The maximum atomic E-state index is 12.6. The molecule has 0 radical (unpaired) electrons. The molecule has 0 fully saturated rings. The number of ether oxygens (including phenoxy) is 1. The minimum absolute atomic E-state index is 0.399. The topological polar surface area (TPSA) is 62.4 Å². The van der Waals surface area contributed by atoms with E-state index in [0.717, 1.165) is 18.4 Å². The Bertz CT molecular complexity index is 670. The number of H-pyrrole nitrogens is 1. The van der Waals surface area contributed by atoms with Gasteiger partial charge < -0.3 is 14.6 Å². The largest absolute Gasteiger partial charge is 0.497 e. The van der Waals surface area contributed by atoms with E-state index in [1.165, 1.54) is 0 Å². The predicted octanol–water partition coefficient (Wildman–Crippen LogP) is 3.01. The van der Waals surface area contributed by atoms with Gasteiger partial charge in [0.05, 0.1) is 12.7 Å². The monoisotopic (exact) mass is 302 g/mol. The number of rotatable bonds is 7. The molecule has 2 rings (SSSR count). The van der Waals surface area contributed by atoms with Crippen LogP contribution in [0.3, 0.4) is 0 Å². The van der Waals surface area contributed by atoms with E-state index in [1.807, 2.05) is 26.0 Å².